The topological polar surface area (TPSA) is 0 Å². The molecule has 0 saturated carbocycles. The minimum atomic E-state index is -2.42. The van der Waals surface area contributed by atoms with Crippen LogP contribution in [0.1, 0.15) is 13.8 Å². The van der Waals surface area contributed by atoms with Crippen LogP contribution in [0.2, 0.25) is 4.82 Å². The monoisotopic (exact) mass is 212 g/mol. The van der Waals surface area contributed by atoms with Gasteiger partial charge in [0.2, 0.25) is 0 Å². The van der Waals surface area contributed by atoms with E-state index in [0.29, 0.717) is 0 Å². The summed E-state index contributed by atoms with van der Waals surface area (Å²) in [6.45, 7) is 3.42. The number of alkyl halides is 2. The molecule has 0 fully saturated rings. The van der Waals surface area contributed by atoms with Crippen LogP contribution < -0.4 is 0 Å². The van der Waals surface area contributed by atoms with Gasteiger partial charge in [-0.05, 0) is 0 Å². The number of halogens is 2. The number of allylic oxidation sites excluding steroid dienone is 2. The van der Waals surface area contributed by atoms with Crippen molar-refractivity contribution < 1.29 is 8.78 Å². The number of hydrogen-bond donors (Lipinski definition) is 0. The Morgan fingerprint density at radius 2 is 1.90 bits per heavy atom. The van der Waals surface area contributed by atoms with Crippen molar-refractivity contribution in [2.75, 3.05) is 0 Å². The van der Waals surface area contributed by atoms with Crippen LogP contribution in [0.25, 0.3) is 0 Å². The summed E-state index contributed by atoms with van der Waals surface area (Å²) in [6.07, 6.45) is 3.51. The molecule has 0 amide bonds. The Bertz CT molecular complexity index is 154. The van der Waals surface area contributed by atoms with Crippen molar-refractivity contribution >= 4 is 15.0 Å². The third kappa shape index (κ3) is 1.58. The molecule has 1 heterocycles. The molecular formula is C7H10F2Se. The van der Waals surface area contributed by atoms with Gasteiger partial charge in [-0.3, -0.25) is 0 Å². The quantitative estimate of drug-likeness (QED) is 0.426. The Morgan fingerprint density at radius 3 is 2.30 bits per heavy atom. The fourth-order valence-electron chi connectivity index (χ4n) is 0.830. The molecule has 0 aliphatic carbocycles. The van der Waals surface area contributed by atoms with Gasteiger partial charge in [0.25, 0.3) is 0 Å². The molecule has 0 nitrogen and oxygen atoms in total. The molecule has 1 aliphatic heterocycles. The van der Waals surface area contributed by atoms with E-state index >= 15 is 0 Å². The van der Waals surface area contributed by atoms with Crippen molar-refractivity contribution in [1.82, 2.24) is 0 Å². The first-order valence-corrected chi connectivity index (χ1v) is 5.11. The van der Waals surface area contributed by atoms with Gasteiger partial charge in [-0.25, -0.2) is 0 Å². The fourth-order valence-corrected chi connectivity index (χ4v) is 2.84. The van der Waals surface area contributed by atoms with Crippen molar-refractivity contribution in [1.29, 1.82) is 0 Å². The van der Waals surface area contributed by atoms with Crippen LogP contribution in [0.15, 0.2) is 12.2 Å². The number of rotatable bonds is 0. The van der Waals surface area contributed by atoms with Gasteiger partial charge < -0.3 is 0 Å². The van der Waals surface area contributed by atoms with Gasteiger partial charge in [0.1, 0.15) is 0 Å². The van der Waals surface area contributed by atoms with Crippen LogP contribution in [0.4, 0.5) is 8.78 Å². The molecule has 0 spiro atoms. The van der Waals surface area contributed by atoms with Crippen molar-refractivity contribution in [3.8, 4) is 0 Å². The van der Waals surface area contributed by atoms with E-state index in [1.807, 2.05) is 13.0 Å². The Hall–Kier alpha value is 0.119. The second kappa shape index (κ2) is 2.63. The molecule has 3 heteroatoms. The Labute approximate surface area is 65.8 Å². The maximum atomic E-state index is 12.8. The Balaban J connectivity index is 2.72. The minimum absolute atomic E-state index is 0.0960. The van der Waals surface area contributed by atoms with E-state index in [1.165, 1.54) is 0 Å². The van der Waals surface area contributed by atoms with Crippen LogP contribution in [-0.4, -0.2) is 19.8 Å². The SMILES string of the molecule is C[C@@H]1C=C[C@H](C)[Se]C1(F)F. The molecule has 0 N–H and O–H groups in total. The molecule has 1 aliphatic rings. The summed E-state index contributed by atoms with van der Waals surface area (Å²) in [5.41, 5.74) is 0. The van der Waals surface area contributed by atoms with E-state index in [4.69, 9.17) is 0 Å². The zero-order valence-electron chi connectivity index (χ0n) is 5.97. The predicted molar refractivity (Wildman–Crippen MR) is 38.4 cm³/mol. The standard InChI is InChI=1S/C7H10F2Se/c1-5-3-4-6(2)10-7(5,8)9/h3-6H,1-2H3/t5-,6+/m1/s1. The summed E-state index contributed by atoms with van der Waals surface area (Å²) >= 11 is -0.541. The molecule has 0 radical (unpaired) electrons. The second-order valence-electron chi connectivity index (χ2n) is 2.56. The van der Waals surface area contributed by atoms with Crippen molar-refractivity contribution in [2.45, 2.75) is 23.5 Å². The molecular weight excluding hydrogens is 201 g/mol. The van der Waals surface area contributed by atoms with Gasteiger partial charge in [-0.2, -0.15) is 0 Å². The summed E-state index contributed by atoms with van der Waals surface area (Å²) in [4.78, 5) is -2.32. The fraction of sp³-hybridized carbons (Fsp3) is 0.714. The second-order valence-corrected chi connectivity index (χ2v) is 5.75. The molecule has 1 rings (SSSR count). The summed E-state index contributed by atoms with van der Waals surface area (Å²) in [5.74, 6) is -0.552. The van der Waals surface area contributed by atoms with Crippen LogP contribution >= 0.6 is 0 Å². The molecule has 0 unspecified atom stereocenters. The normalized spacial score (nSPS) is 38.0. The summed E-state index contributed by atoms with van der Waals surface area (Å²) in [7, 11) is 0. The molecule has 10 heavy (non-hydrogen) atoms. The zero-order valence-corrected chi connectivity index (χ0v) is 7.69. The summed E-state index contributed by atoms with van der Waals surface area (Å²) in [5, 5.41) is 0. The van der Waals surface area contributed by atoms with E-state index < -0.39 is 25.7 Å². The molecule has 0 aromatic heterocycles. The average molecular weight is 211 g/mol. The van der Waals surface area contributed by atoms with Gasteiger partial charge in [0, 0.05) is 0 Å². The van der Waals surface area contributed by atoms with E-state index in [0.717, 1.165) is 0 Å². The van der Waals surface area contributed by atoms with Gasteiger partial charge in [0.15, 0.2) is 0 Å². The van der Waals surface area contributed by atoms with Crippen LogP contribution in [0.5, 0.6) is 0 Å². The third-order valence-electron chi connectivity index (χ3n) is 1.54. The van der Waals surface area contributed by atoms with Crippen LogP contribution in [0, 0.1) is 5.92 Å². The van der Waals surface area contributed by atoms with E-state index in [9.17, 15) is 8.78 Å². The van der Waals surface area contributed by atoms with E-state index in [-0.39, 0.29) is 4.82 Å². The van der Waals surface area contributed by atoms with E-state index in [1.54, 1.807) is 13.0 Å². The van der Waals surface area contributed by atoms with Crippen molar-refractivity contribution in [3.05, 3.63) is 12.2 Å². The zero-order chi connectivity index (χ0) is 7.78. The van der Waals surface area contributed by atoms with E-state index in [2.05, 4.69) is 0 Å². The van der Waals surface area contributed by atoms with Crippen molar-refractivity contribution in [2.24, 2.45) is 5.92 Å². The molecule has 58 valence electrons. The van der Waals surface area contributed by atoms with Gasteiger partial charge in [0.05, 0.1) is 0 Å². The first-order valence-electron chi connectivity index (χ1n) is 3.26. The Kier molecular flexibility index (Phi) is 2.16. The summed E-state index contributed by atoms with van der Waals surface area (Å²) in [6, 6.07) is 0. The first-order chi connectivity index (χ1) is 4.52. The van der Waals surface area contributed by atoms with Gasteiger partial charge in [-0.1, -0.05) is 0 Å². The third-order valence-corrected chi connectivity index (χ3v) is 4.09. The molecule has 0 saturated heterocycles. The Morgan fingerprint density at radius 1 is 1.30 bits per heavy atom. The summed E-state index contributed by atoms with van der Waals surface area (Å²) < 4.78 is 25.6. The average Bonchev–Trinajstić information content (AvgIpc) is 1.78. The molecule has 0 bridgehead atoms. The molecule has 0 aromatic rings. The van der Waals surface area contributed by atoms with Gasteiger partial charge >= 0.3 is 65.3 Å². The predicted octanol–water partition coefficient (Wildman–Crippen LogP) is 2.30. The molecule has 2 atom stereocenters. The van der Waals surface area contributed by atoms with Crippen LogP contribution in [-0.2, 0) is 0 Å². The maximum absolute atomic E-state index is 12.8. The first kappa shape index (κ1) is 8.22. The molecule has 0 aromatic carbocycles. The van der Waals surface area contributed by atoms with Crippen LogP contribution in [0.3, 0.4) is 0 Å². The van der Waals surface area contributed by atoms with Crippen molar-refractivity contribution in [3.63, 3.8) is 0 Å². The number of hydrogen-bond acceptors (Lipinski definition) is 0. The van der Waals surface area contributed by atoms with Gasteiger partial charge in [-0.15, -0.1) is 0 Å².